The van der Waals surface area contributed by atoms with Crippen molar-refractivity contribution in [2.45, 2.75) is 25.3 Å². The number of fused-ring (bicyclic) bond motifs is 1. The quantitative estimate of drug-likeness (QED) is 0.555. The van der Waals surface area contributed by atoms with Crippen molar-refractivity contribution in [2.75, 3.05) is 13.1 Å². The average molecular weight is 359 g/mol. The van der Waals surface area contributed by atoms with Crippen LogP contribution in [0.2, 0.25) is 0 Å². The van der Waals surface area contributed by atoms with Crippen LogP contribution in [0.15, 0.2) is 65.9 Å². The van der Waals surface area contributed by atoms with Gasteiger partial charge in [0.2, 0.25) is 0 Å². The number of aromatic nitrogens is 4. The molecule has 0 aliphatic carbocycles. The lowest BCUT2D eigenvalue weighted by molar-refractivity contribution is 0.196. The molecular formula is C21H21N5O. The largest absolute Gasteiger partial charge is 0.472 e. The van der Waals surface area contributed by atoms with Crippen LogP contribution in [0.5, 0.6) is 0 Å². The topological polar surface area (TPSA) is 59.5 Å². The van der Waals surface area contributed by atoms with Gasteiger partial charge in [-0.25, -0.2) is 9.50 Å². The van der Waals surface area contributed by atoms with Gasteiger partial charge < -0.3 is 4.42 Å². The van der Waals surface area contributed by atoms with E-state index >= 15 is 0 Å². The van der Waals surface area contributed by atoms with E-state index in [1.54, 1.807) is 6.26 Å². The molecule has 136 valence electrons. The minimum Gasteiger partial charge on any atom is -0.472 e. The van der Waals surface area contributed by atoms with Gasteiger partial charge in [0.15, 0.2) is 11.5 Å². The summed E-state index contributed by atoms with van der Waals surface area (Å²) in [6.07, 6.45) is 11.5. The van der Waals surface area contributed by atoms with Crippen molar-refractivity contribution in [3.8, 4) is 11.1 Å². The fraction of sp³-hybridized carbons (Fsp3) is 0.286. The van der Waals surface area contributed by atoms with Crippen molar-refractivity contribution in [2.24, 2.45) is 0 Å². The Hall–Kier alpha value is -2.99. The van der Waals surface area contributed by atoms with Gasteiger partial charge in [-0.05, 0) is 55.3 Å². The number of piperidine rings is 1. The van der Waals surface area contributed by atoms with Gasteiger partial charge in [0.05, 0.1) is 12.5 Å². The Labute approximate surface area is 157 Å². The minimum absolute atomic E-state index is 0.370. The molecule has 0 amide bonds. The molecular weight excluding hydrogens is 338 g/mol. The molecule has 0 radical (unpaired) electrons. The summed E-state index contributed by atoms with van der Waals surface area (Å²) < 4.78 is 7.10. The molecule has 1 fully saturated rings. The van der Waals surface area contributed by atoms with Crippen LogP contribution in [0.3, 0.4) is 0 Å². The third-order valence-electron chi connectivity index (χ3n) is 5.22. The lowest BCUT2D eigenvalue weighted by atomic mass is 9.97. The molecule has 0 spiro atoms. The first-order chi connectivity index (χ1) is 13.3. The van der Waals surface area contributed by atoms with Crippen LogP contribution in [0.1, 0.15) is 30.1 Å². The predicted octanol–water partition coefficient (Wildman–Crippen LogP) is 3.76. The van der Waals surface area contributed by atoms with Crippen molar-refractivity contribution in [3.63, 3.8) is 0 Å². The Morgan fingerprint density at radius 3 is 2.85 bits per heavy atom. The van der Waals surface area contributed by atoms with E-state index in [0.717, 1.165) is 48.7 Å². The van der Waals surface area contributed by atoms with Crippen LogP contribution >= 0.6 is 0 Å². The standard InChI is InChI=1S/C21H21N5O/c1-2-19(13-25(10-1)12-16-7-11-27-15-16)21-23-20-4-3-18(14-26(20)24-21)17-5-8-22-9-6-17/h3-9,11,14-15,19H,1-2,10,12-13H2/t19-/m0/s1. The Balaban J connectivity index is 1.38. The summed E-state index contributed by atoms with van der Waals surface area (Å²) >= 11 is 0. The summed E-state index contributed by atoms with van der Waals surface area (Å²) in [5.74, 6) is 1.31. The van der Waals surface area contributed by atoms with Gasteiger partial charge in [0.1, 0.15) is 0 Å². The molecule has 0 bridgehead atoms. The second-order valence-corrected chi connectivity index (χ2v) is 7.13. The summed E-state index contributed by atoms with van der Waals surface area (Å²) in [6, 6.07) is 10.2. The number of furan rings is 1. The van der Waals surface area contributed by atoms with Crippen LogP contribution in [-0.2, 0) is 6.54 Å². The van der Waals surface area contributed by atoms with Crippen LogP contribution in [0, 0.1) is 0 Å². The Morgan fingerprint density at radius 1 is 1.07 bits per heavy atom. The molecule has 0 saturated carbocycles. The fourth-order valence-electron chi connectivity index (χ4n) is 3.84. The number of likely N-dealkylation sites (tertiary alicyclic amines) is 1. The van der Waals surface area contributed by atoms with Gasteiger partial charge in [-0.1, -0.05) is 0 Å². The van der Waals surface area contributed by atoms with Crippen molar-refractivity contribution in [1.29, 1.82) is 0 Å². The number of hydrogen-bond donors (Lipinski definition) is 0. The number of pyridine rings is 2. The van der Waals surface area contributed by atoms with Gasteiger partial charge in [0, 0.05) is 48.7 Å². The molecule has 1 atom stereocenters. The van der Waals surface area contributed by atoms with Crippen LogP contribution in [0.4, 0.5) is 0 Å². The highest BCUT2D eigenvalue weighted by Crippen LogP contribution is 2.27. The molecule has 1 saturated heterocycles. The van der Waals surface area contributed by atoms with Gasteiger partial charge in [-0.3, -0.25) is 9.88 Å². The van der Waals surface area contributed by atoms with Crippen LogP contribution < -0.4 is 0 Å². The van der Waals surface area contributed by atoms with Crippen molar-refractivity contribution < 1.29 is 4.42 Å². The molecule has 5 heterocycles. The highest BCUT2D eigenvalue weighted by Gasteiger charge is 2.25. The average Bonchev–Trinajstić information content (AvgIpc) is 3.38. The summed E-state index contributed by atoms with van der Waals surface area (Å²) in [5, 5.41) is 4.80. The Kier molecular flexibility index (Phi) is 4.18. The zero-order valence-corrected chi connectivity index (χ0v) is 15.0. The van der Waals surface area contributed by atoms with Gasteiger partial charge >= 0.3 is 0 Å². The van der Waals surface area contributed by atoms with E-state index in [-0.39, 0.29) is 0 Å². The molecule has 5 rings (SSSR count). The molecule has 4 aromatic rings. The zero-order chi connectivity index (χ0) is 18.1. The summed E-state index contributed by atoms with van der Waals surface area (Å²) in [6.45, 7) is 3.02. The SMILES string of the molecule is c1cc(-c2ccc3nc([C@H]4CCCN(Cc5ccoc5)C4)nn3c2)ccn1. The van der Waals surface area contributed by atoms with Gasteiger partial charge in [-0.15, -0.1) is 0 Å². The molecule has 1 aliphatic rings. The lowest BCUT2D eigenvalue weighted by Gasteiger charge is -2.30. The Bertz CT molecular complexity index is 1030. The summed E-state index contributed by atoms with van der Waals surface area (Å²) in [4.78, 5) is 11.3. The maximum absolute atomic E-state index is 5.20. The molecule has 6 heteroatoms. The molecule has 0 unspecified atom stereocenters. The van der Waals surface area contributed by atoms with Crippen LogP contribution in [-0.4, -0.2) is 37.6 Å². The smallest absolute Gasteiger partial charge is 0.156 e. The minimum atomic E-state index is 0.370. The summed E-state index contributed by atoms with van der Waals surface area (Å²) in [5.41, 5.74) is 4.37. The first-order valence-electron chi connectivity index (χ1n) is 9.35. The van der Waals surface area contributed by atoms with E-state index in [0.29, 0.717) is 5.92 Å². The van der Waals surface area contributed by atoms with E-state index < -0.39 is 0 Å². The molecule has 0 N–H and O–H groups in total. The second-order valence-electron chi connectivity index (χ2n) is 7.13. The molecule has 1 aliphatic heterocycles. The van der Waals surface area contributed by atoms with E-state index in [1.165, 1.54) is 12.0 Å². The fourth-order valence-corrected chi connectivity index (χ4v) is 3.84. The van der Waals surface area contributed by atoms with Crippen molar-refractivity contribution >= 4 is 5.65 Å². The highest BCUT2D eigenvalue weighted by molar-refractivity contribution is 5.63. The van der Waals surface area contributed by atoms with Crippen molar-refractivity contribution in [1.82, 2.24) is 24.5 Å². The van der Waals surface area contributed by atoms with Gasteiger partial charge in [0.25, 0.3) is 0 Å². The number of hydrogen-bond acceptors (Lipinski definition) is 5. The van der Waals surface area contributed by atoms with Crippen LogP contribution in [0.25, 0.3) is 16.8 Å². The van der Waals surface area contributed by atoms with Crippen molar-refractivity contribution in [3.05, 3.63) is 72.8 Å². The van der Waals surface area contributed by atoms with Gasteiger partial charge in [-0.2, -0.15) is 5.10 Å². The maximum atomic E-state index is 5.20. The maximum Gasteiger partial charge on any atom is 0.156 e. The monoisotopic (exact) mass is 359 g/mol. The Morgan fingerprint density at radius 2 is 2.00 bits per heavy atom. The molecule has 27 heavy (non-hydrogen) atoms. The van der Waals surface area contributed by atoms with E-state index in [9.17, 15) is 0 Å². The normalized spacial score (nSPS) is 18.1. The third-order valence-corrected chi connectivity index (χ3v) is 5.22. The lowest BCUT2D eigenvalue weighted by Crippen LogP contribution is -2.34. The third kappa shape index (κ3) is 3.36. The van der Waals surface area contributed by atoms with E-state index in [4.69, 9.17) is 14.5 Å². The number of rotatable bonds is 4. The van der Waals surface area contributed by atoms with E-state index in [2.05, 4.69) is 16.0 Å². The number of nitrogens with zero attached hydrogens (tertiary/aromatic N) is 5. The first-order valence-corrected chi connectivity index (χ1v) is 9.35. The molecule has 6 nitrogen and oxygen atoms in total. The summed E-state index contributed by atoms with van der Waals surface area (Å²) in [7, 11) is 0. The van der Waals surface area contributed by atoms with E-state index in [1.807, 2.05) is 53.6 Å². The molecule has 0 aromatic carbocycles. The predicted molar refractivity (Wildman–Crippen MR) is 102 cm³/mol. The second kappa shape index (κ2) is 6.96. The zero-order valence-electron chi connectivity index (χ0n) is 15.0. The highest BCUT2D eigenvalue weighted by atomic mass is 16.3. The molecule has 4 aromatic heterocycles. The first kappa shape index (κ1) is 16.2.